The number of nitrogen functional groups attached to an aromatic ring is 1. The summed E-state index contributed by atoms with van der Waals surface area (Å²) in [5.74, 6) is 1.08. The molecule has 0 radical (unpaired) electrons. The Kier molecular flexibility index (Phi) is 2.15. The molecule has 4 heteroatoms. The van der Waals surface area contributed by atoms with Gasteiger partial charge in [-0.1, -0.05) is 13.8 Å². The number of aromatic nitrogens is 2. The number of hydrogen-bond donors (Lipinski definition) is 1. The Labute approximate surface area is 87.0 Å². The van der Waals surface area contributed by atoms with Crippen molar-refractivity contribution < 1.29 is 0 Å². The predicted molar refractivity (Wildman–Crippen MR) is 60.7 cm³/mol. The van der Waals surface area contributed by atoms with Gasteiger partial charge in [0, 0.05) is 9.75 Å². The van der Waals surface area contributed by atoms with E-state index in [-0.39, 0.29) is 0 Å². The Bertz CT molecular complexity index is 473. The predicted octanol–water partition coefficient (Wildman–Crippen LogP) is 2.71. The van der Waals surface area contributed by atoms with Crippen LogP contribution in [0, 0.1) is 6.92 Å². The average molecular weight is 207 g/mol. The van der Waals surface area contributed by atoms with Crippen LogP contribution in [0.1, 0.15) is 29.5 Å². The summed E-state index contributed by atoms with van der Waals surface area (Å²) in [6.45, 7) is 6.41. The lowest BCUT2D eigenvalue weighted by Crippen LogP contribution is -1.93. The van der Waals surface area contributed by atoms with Crippen LogP contribution in [0.4, 0.5) is 5.82 Å². The normalized spacial score (nSPS) is 11.4. The number of aryl methyl sites for hydroxylation is 1. The molecule has 2 heterocycles. The van der Waals surface area contributed by atoms with Crippen molar-refractivity contribution >= 4 is 28.1 Å². The molecule has 0 saturated heterocycles. The Hall–Kier alpha value is -1.16. The van der Waals surface area contributed by atoms with E-state index in [1.165, 1.54) is 16.1 Å². The van der Waals surface area contributed by atoms with Gasteiger partial charge in [-0.25, -0.2) is 9.97 Å². The van der Waals surface area contributed by atoms with Crippen LogP contribution in [0.5, 0.6) is 0 Å². The first-order valence-electron chi connectivity index (χ1n) is 4.60. The molecule has 0 bridgehead atoms. The molecule has 2 rings (SSSR count). The highest BCUT2D eigenvalue weighted by molar-refractivity contribution is 7.13. The van der Waals surface area contributed by atoms with Crippen LogP contribution < -0.4 is 5.73 Å². The highest BCUT2D eigenvalue weighted by atomic mass is 32.1. The fourth-order valence-electron chi connectivity index (χ4n) is 1.59. The van der Waals surface area contributed by atoms with Crippen LogP contribution in [0.3, 0.4) is 0 Å². The lowest BCUT2D eigenvalue weighted by molar-refractivity contribution is 0.893. The number of nitrogens with zero attached hydrogens (tertiary/aromatic N) is 2. The molecule has 3 nitrogen and oxygen atoms in total. The van der Waals surface area contributed by atoms with E-state index in [4.69, 9.17) is 5.73 Å². The first kappa shape index (κ1) is 9.40. The summed E-state index contributed by atoms with van der Waals surface area (Å²) in [7, 11) is 0. The molecule has 2 N–H and O–H groups in total. The Morgan fingerprint density at radius 1 is 1.36 bits per heavy atom. The van der Waals surface area contributed by atoms with E-state index < -0.39 is 0 Å². The highest BCUT2D eigenvalue weighted by Crippen LogP contribution is 2.35. The average Bonchev–Trinajstić information content (AvgIpc) is 2.45. The molecule has 0 amide bonds. The molecule has 0 aliphatic heterocycles. The van der Waals surface area contributed by atoms with Crippen molar-refractivity contribution in [3.05, 3.63) is 16.1 Å². The van der Waals surface area contributed by atoms with Crippen LogP contribution in [-0.4, -0.2) is 9.97 Å². The van der Waals surface area contributed by atoms with Gasteiger partial charge in [0.2, 0.25) is 0 Å². The highest BCUT2D eigenvalue weighted by Gasteiger charge is 2.14. The summed E-state index contributed by atoms with van der Waals surface area (Å²) >= 11 is 1.77. The standard InChI is InChI=1S/C10H13N3S/c1-5(2)9-8-7(6(3)14-9)10(11)13-4-12-8/h4-5H,1-3H3,(H2,11,12,13). The molecule has 0 aromatic carbocycles. The van der Waals surface area contributed by atoms with E-state index in [0.29, 0.717) is 11.7 Å². The first-order valence-corrected chi connectivity index (χ1v) is 5.42. The third kappa shape index (κ3) is 1.26. The summed E-state index contributed by atoms with van der Waals surface area (Å²) in [6.07, 6.45) is 1.54. The smallest absolute Gasteiger partial charge is 0.135 e. The van der Waals surface area contributed by atoms with E-state index in [1.54, 1.807) is 11.3 Å². The van der Waals surface area contributed by atoms with Crippen molar-refractivity contribution in [2.75, 3.05) is 5.73 Å². The molecule has 14 heavy (non-hydrogen) atoms. The fraction of sp³-hybridized carbons (Fsp3) is 0.400. The number of anilines is 1. The maximum absolute atomic E-state index is 5.83. The topological polar surface area (TPSA) is 51.8 Å². The lowest BCUT2D eigenvalue weighted by Gasteiger charge is -2.00. The second-order valence-corrected chi connectivity index (χ2v) is 4.92. The molecule has 0 spiro atoms. The zero-order chi connectivity index (χ0) is 10.3. The first-order chi connectivity index (χ1) is 6.61. The van der Waals surface area contributed by atoms with E-state index in [9.17, 15) is 0 Å². The molecule has 0 aliphatic rings. The van der Waals surface area contributed by atoms with Gasteiger partial charge in [-0.15, -0.1) is 11.3 Å². The van der Waals surface area contributed by atoms with Crippen LogP contribution in [0.25, 0.3) is 10.9 Å². The van der Waals surface area contributed by atoms with E-state index in [1.807, 2.05) is 0 Å². The number of fused-ring (bicyclic) bond motifs is 1. The van der Waals surface area contributed by atoms with Crippen molar-refractivity contribution in [3.63, 3.8) is 0 Å². The van der Waals surface area contributed by atoms with Gasteiger partial charge in [-0.2, -0.15) is 0 Å². The summed E-state index contributed by atoms with van der Waals surface area (Å²) in [6, 6.07) is 0. The van der Waals surface area contributed by atoms with Gasteiger partial charge in [-0.3, -0.25) is 0 Å². The maximum Gasteiger partial charge on any atom is 0.135 e. The largest absolute Gasteiger partial charge is 0.383 e. The number of rotatable bonds is 1. The van der Waals surface area contributed by atoms with E-state index >= 15 is 0 Å². The Morgan fingerprint density at radius 2 is 2.07 bits per heavy atom. The molecule has 2 aromatic rings. The Balaban J connectivity index is 2.84. The molecule has 74 valence electrons. The molecule has 0 fully saturated rings. The van der Waals surface area contributed by atoms with Gasteiger partial charge in [0.15, 0.2) is 0 Å². The number of hydrogen-bond acceptors (Lipinski definition) is 4. The molecular formula is C10H13N3S. The summed E-state index contributed by atoms with van der Waals surface area (Å²) in [4.78, 5) is 10.8. The molecule has 0 unspecified atom stereocenters. The van der Waals surface area contributed by atoms with Gasteiger partial charge in [0.05, 0.1) is 10.9 Å². The molecule has 2 aromatic heterocycles. The number of nitrogens with two attached hydrogens (primary N) is 1. The van der Waals surface area contributed by atoms with E-state index in [2.05, 4.69) is 30.7 Å². The molecule has 0 saturated carbocycles. The van der Waals surface area contributed by atoms with Gasteiger partial charge < -0.3 is 5.73 Å². The van der Waals surface area contributed by atoms with E-state index in [0.717, 1.165) is 10.9 Å². The van der Waals surface area contributed by atoms with Crippen LogP contribution in [-0.2, 0) is 0 Å². The maximum atomic E-state index is 5.83. The van der Waals surface area contributed by atoms with Crippen molar-refractivity contribution in [1.29, 1.82) is 0 Å². The quantitative estimate of drug-likeness (QED) is 0.782. The molecule has 0 aliphatic carbocycles. The van der Waals surface area contributed by atoms with Gasteiger partial charge in [-0.05, 0) is 12.8 Å². The summed E-state index contributed by atoms with van der Waals surface area (Å²) < 4.78 is 0. The van der Waals surface area contributed by atoms with Crippen LogP contribution in [0.2, 0.25) is 0 Å². The summed E-state index contributed by atoms with van der Waals surface area (Å²) in [5.41, 5.74) is 6.85. The van der Waals surface area contributed by atoms with Gasteiger partial charge in [0.25, 0.3) is 0 Å². The molecular weight excluding hydrogens is 194 g/mol. The Morgan fingerprint density at radius 3 is 2.71 bits per heavy atom. The fourth-order valence-corrected chi connectivity index (χ4v) is 2.71. The molecule has 0 atom stereocenters. The van der Waals surface area contributed by atoms with Crippen molar-refractivity contribution in [2.45, 2.75) is 26.7 Å². The minimum atomic E-state index is 0.491. The van der Waals surface area contributed by atoms with Crippen molar-refractivity contribution in [2.24, 2.45) is 0 Å². The van der Waals surface area contributed by atoms with Gasteiger partial charge in [0.1, 0.15) is 12.1 Å². The second-order valence-electron chi connectivity index (χ2n) is 3.66. The SMILES string of the molecule is Cc1sc(C(C)C)c2ncnc(N)c12. The second kappa shape index (κ2) is 3.20. The lowest BCUT2D eigenvalue weighted by atomic mass is 10.1. The van der Waals surface area contributed by atoms with Crippen molar-refractivity contribution in [3.8, 4) is 0 Å². The minimum Gasteiger partial charge on any atom is -0.383 e. The third-order valence-corrected chi connectivity index (χ3v) is 3.64. The zero-order valence-corrected chi connectivity index (χ0v) is 9.35. The monoisotopic (exact) mass is 207 g/mol. The summed E-state index contributed by atoms with van der Waals surface area (Å²) in [5, 5.41) is 1.03. The van der Waals surface area contributed by atoms with Crippen LogP contribution in [0.15, 0.2) is 6.33 Å². The van der Waals surface area contributed by atoms with Gasteiger partial charge >= 0.3 is 0 Å². The number of thiophene rings is 1. The van der Waals surface area contributed by atoms with Crippen LogP contribution >= 0.6 is 11.3 Å². The zero-order valence-electron chi connectivity index (χ0n) is 8.53. The third-order valence-electron chi connectivity index (χ3n) is 2.25. The minimum absolute atomic E-state index is 0.491. The van der Waals surface area contributed by atoms with Crippen molar-refractivity contribution in [1.82, 2.24) is 9.97 Å².